The molecule has 0 aromatic heterocycles. The van der Waals surface area contributed by atoms with Crippen LogP contribution in [-0.2, 0) is 10.2 Å². The molecule has 0 unspecified atom stereocenters. The van der Waals surface area contributed by atoms with Gasteiger partial charge in [-0.1, -0.05) is 19.1 Å². The van der Waals surface area contributed by atoms with Crippen LogP contribution in [0.3, 0.4) is 0 Å². The average molecular weight is 220 g/mol. The molecule has 1 fully saturated rings. The molecule has 0 saturated heterocycles. The number of hydrogen-bond acceptors (Lipinski definition) is 2. The van der Waals surface area contributed by atoms with E-state index in [2.05, 4.69) is 6.92 Å². The second kappa shape index (κ2) is 3.81. The number of methoxy groups -OCH3 is 1. The quantitative estimate of drug-likeness (QED) is 0.851. The zero-order valence-electron chi connectivity index (χ0n) is 9.56. The molecule has 0 radical (unpaired) electrons. The van der Waals surface area contributed by atoms with Crippen molar-refractivity contribution in [3.8, 4) is 5.75 Å². The second-order valence-corrected chi connectivity index (χ2v) is 4.63. The molecular weight excluding hydrogens is 204 g/mol. The third-order valence-electron chi connectivity index (χ3n) is 3.43. The molecule has 0 atom stereocenters. The van der Waals surface area contributed by atoms with Crippen LogP contribution in [0, 0.1) is 5.92 Å². The lowest BCUT2D eigenvalue weighted by Crippen LogP contribution is -2.46. The number of ether oxygens (including phenoxy) is 1. The Bertz CT molecular complexity index is 405. The van der Waals surface area contributed by atoms with Gasteiger partial charge in [0.05, 0.1) is 12.5 Å². The van der Waals surface area contributed by atoms with Gasteiger partial charge in [-0.2, -0.15) is 0 Å². The van der Waals surface area contributed by atoms with Crippen LogP contribution in [0.5, 0.6) is 5.75 Å². The smallest absolute Gasteiger partial charge is 0.314 e. The van der Waals surface area contributed by atoms with Crippen molar-refractivity contribution in [2.45, 2.75) is 25.2 Å². The summed E-state index contributed by atoms with van der Waals surface area (Å²) in [5, 5.41) is 9.38. The van der Waals surface area contributed by atoms with Gasteiger partial charge in [0, 0.05) is 0 Å². The van der Waals surface area contributed by atoms with Crippen molar-refractivity contribution in [3.63, 3.8) is 0 Å². The van der Waals surface area contributed by atoms with Crippen molar-refractivity contribution in [2.75, 3.05) is 7.11 Å². The average Bonchev–Trinajstić information content (AvgIpc) is 2.24. The standard InChI is InChI=1S/C13H16O3/c1-9-7-13(8-9,12(14)15)10-4-3-5-11(6-10)16-2/h3-6,9H,7-8H2,1-2H3,(H,14,15). The van der Waals surface area contributed by atoms with Gasteiger partial charge >= 0.3 is 5.97 Å². The largest absolute Gasteiger partial charge is 0.497 e. The summed E-state index contributed by atoms with van der Waals surface area (Å²) in [6.45, 7) is 2.08. The van der Waals surface area contributed by atoms with Gasteiger partial charge < -0.3 is 9.84 Å². The van der Waals surface area contributed by atoms with E-state index in [0.29, 0.717) is 5.92 Å². The van der Waals surface area contributed by atoms with E-state index in [4.69, 9.17) is 4.74 Å². The van der Waals surface area contributed by atoms with Crippen molar-refractivity contribution < 1.29 is 14.6 Å². The molecule has 1 aliphatic rings. The lowest BCUT2D eigenvalue weighted by Gasteiger charge is -2.43. The molecule has 1 aromatic carbocycles. The molecule has 1 aliphatic carbocycles. The maximum absolute atomic E-state index is 11.4. The summed E-state index contributed by atoms with van der Waals surface area (Å²) in [6, 6.07) is 7.39. The minimum Gasteiger partial charge on any atom is -0.497 e. The predicted molar refractivity (Wildman–Crippen MR) is 60.7 cm³/mol. The van der Waals surface area contributed by atoms with Crippen LogP contribution < -0.4 is 4.74 Å². The number of carbonyl (C=O) groups is 1. The fourth-order valence-corrected chi connectivity index (χ4v) is 2.58. The Morgan fingerprint density at radius 1 is 1.50 bits per heavy atom. The maximum Gasteiger partial charge on any atom is 0.314 e. The van der Waals surface area contributed by atoms with Gasteiger partial charge in [0.25, 0.3) is 0 Å². The SMILES string of the molecule is COc1cccc(C2(C(=O)O)CC(C)C2)c1. The Morgan fingerprint density at radius 3 is 2.69 bits per heavy atom. The van der Waals surface area contributed by atoms with Crippen LogP contribution in [-0.4, -0.2) is 18.2 Å². The highest BCUT2D eigenvalue weighted by molar-refractivity contribution is 5.83. The Kier molecular flexibility index (Phi) is 2.62. The minimum atomic E-state index is -0.723. The van der Waals surface area contributed by atoms with E-state index in [0.717, 1.165) is 24.2 Å². The number of carboxylic acid groups (broad SMARTS) is 1. The maximum atomic E-state index is 11.4. The minimum absolute atomic E-state index is 0.488. The van der Waals surface area contributed by atoms with Gasteiger partial charge in [-0.25, -0.2) is 0 Å². The number of aliphatic carboxylic acids is 1. The van der Waals surface area contributed by atoms with Crippen molar-refractivity contribution in [2.24, 2.45) is 5.92 Å². The van der Waals surface area contributed by atoms with Crippen molar-refractivity contribution in [3.05, 3.63) is 29.8 Å². The Hall–Kier alpha value is -1.51. The van der Waals surface area contributed by atoms with Crippen LogP contribution in [0.4, 0.5) is 0 Å². The molecule has 1 N–H and O–H groups in total. The molecule has 2 rings (SSSR count). The van der Waals surface area contributed by atoms with Crippen molar-refractivity contribution in [1.29, 1.82) is 0 Å². The number of carboxylic acids is 1. The van der Waals surface area contributed by atoms with E-state index in [9.17, 15) is 9.90 Å². The van der Waals surface area contributed by atoms with Gasteiger partial charge in [0.1, 0.15) is 5.75 Å². The van der Waals surface area contributed by atoms with Gasteiger partial charge in [-0.3, -0.25) is 4.79 Å². The molecule has 1 aromatic rings. The monoisotopic (exact) mass is 220 g/mol. The highest BCUT2D eigenvalue weighted by Gasteiger charge is 2.49. The van der Waals surface area contributed by atoms with Crippen LogP contribution >= 0.6 is 0 Å². The molecule has 3 nitrogen and oxygen atoms in total. The number of benzene rings is 1. The van der Waals surface area contributed by atoms with Gasteiger partial charge in [0.15, 0.2) is 0 Å². The molecule has 0 aliphatic heterocycles. The van der Waals surface area contributed by atoms with Crippen LogP contribution in [0.15, 0.2) is 24.3 Å². The zero-order valence-corrected chi connectivity index (χ0v) is 9.56. The summed E-state index contributed by atoms with van der Waals surface area (Å²) >= 11 is 0. The first-order valence-electron chi connectivity index (χ1n) is 5.46. The molecular formula is C13H16O3. The van der Waals surface area contributed by atoms with Crippen LogP contribution in [0.2, 0.25) is 0 Å². The number of rotatable bonds is 3. The van der Waals surface area contributed by atoms with E-state index in [1.807, 2.05) is 24.3 Å². The summed E-state index contributed by atoms with van der Waals surface area (Å²) in [6.07, 6.45) is 1.44. The third kappa shape index (κ3) is 1.56. The molecule has 0 bridgehead atoms. The Morgan fingerprint density at radius 2 is 2.19 bits per heavy atom. The summed E-state index contributed by atoms with van der Waals surface area (Å²) in [5.74, 6) is 0.485. The molecule has 1 saturated carbocycles. The Labute approximate surface area is 95.0 Å². The summed E-state index contributed by atoms with van der Waals surface area (Å²) < 4.78 is 5.13. The van der Waals surface area contributed by atoms with Gasteiger partial charge in [-0.05, 0) is 36.5 Å². The fraction of sp³-hybridized carbons (Fsp3) is 0.462. The third-order valence-corrected chi connectivity index (χ3v) is 3.43. The topological polar surface area (TPSA) is 46.5 Å². The molecule has 0 heterocycles. The molecule has 0 amide bonds. The first-order chi connectivity index (χ1) is 7.58. The normalized spacial score (nSPS) is 28.2. The van der Waals surface area contributed by atoms with E-state index in [-0.39, 0.29) is 0 Å². The molecule has 0 spiro atoms. The van der Waals surface area contributed by atoms with E-state index in [1.165, 1.54) is 0 Å². The number of hydrogen-bond donors (Lipinski definition) is 1. The summed E-state index contributed by atoms with van der Waals surface area (Å²) in [7, 11) is 1.59. The van der Waals surface area contributed by atoms with E-state index < -0.39 is 11.4 Å². The van der Waals surface area contributed by atoms with Crippen molar-refractivity contribution >= 4 is 5.97 Å². The molecule has 3 heteroatoms. The highest BCUT2D eigenvalue weighted by atomic mass is 16.5. The van der Waals surface area contributed by atoms with Gasteiger partial charge in [0.2, 0.25) is 0 Å². The summed E-state index contributed by atoms with van der Waals surface area (Å²) in [4.78, 5) is 11.4. The van der Waals surface area contributed by atoms with Crippen molar-refractivity contribution in [1.82, 2.24) is 0 Å². The first kappa shape index (κ1) is 11.0. The molecule has 86 valence electrons. The van der Waals surface area contributed by atoms with E-state index in [1.54, 1.807) is 7.11 Å². The zero-order chi connectivity index (χ0) is 11.8. The molecule has 16 heavy (non-hydrogen) atoms. The lowest BCUT2D eigenvalue weighted by atomic mass is 9.59. The Balaban J connectivity index is 2.37. The first-order valence-corrected chi connectivity index (χ1v) is 5.46. The predicted octanol–water partition coefficient (Wildman–Crippen LogP) is 2.45. The second-order valence-electron chi connectivity index (χ2n) is 4.63. The fourth-order valence-electron chi connectivity index (χ4n) is 2.58. The van der Waals surface area contributed by atoms with Gasteiger partial charge in [-0.15, -0.1) is 0 Å². The summed E-state index contributed by atoms with van der Waals surface area (Å²) in [5.41, 5.74) is 0.172. The highest BCUT2D eigenvalue weighted by Crippen LogP contribution is 2.48. The van der Waals surface area contributed by atoms with E-state index >= 15 is 0 Å². The van der Waals surface area contributed by atoms with Crippen LogP contribution in [0.1, 0.15) is 25.3 Å². The lowest BCUT2D eigenvalue weighted by molar-refractivity contribution is -0.149. The van der Waals surface area contributed by atoms with Crippen LogP contribution in [0.25, 0.3) is 0 Å².